The molecule has 0 aliphatic carbocycles. The van der Waals surface area contributed by atoms with Crippen LogP contribution in [0.25, 0.3) is 0 Å². The SMILES string of the molecule is COCC1(COC)CC(=O)c2cc([N+](=O)[O-])ccc2O1. The van der Waals surface area contributed by atoms with E-state index in [1.54, 1.807) is 0 Å². The lowest BCUT2D eigenvalue weighted by Crippen LogP contribution is -2.49. The number of fused-ring (bicyclic) bond motifs is 1. The van der Waals surface area contributed by atoms with Crippen LogP contribution in [0.15, 0.2) is 18.2 Å². The number of methoxy groups -OCH3 is 2. The molecule has 20 heavy (non-hydrogen) atoms. The third-order valence-corrected chi connectivity index (χ3v) is 3.10. The average Bonchev–Trinajstić information content (AvgIpc) is 2.38. The van der Waals surface area contributed by atoms with Gasteiger partial charge in [-0.05, 0) is 6.07 Å². The quantitative estimate of drug-likeness (QED) is 0.601. The van der Waals surface area contributed by atoms with Crippen molar-refractivity contribution in [1.82, 2.24) is 0 Å². The van der Waals surface area contributed by atoms with Crippen molar-refractivity contribution in [2.75, 3.05) is 27.4 Å². The van der Waals surface area contributed by atoms with Crippen molar-refractivity contribution < 1.29 is 23.9 Å². The molecule has 0 saturated carbocycles. The molecule has 2 rings (SSSR count). The molecule has 1 heterocycles. The Bertz CT molecular complexity index is 536. The molecule has 0 aromatic heterocycles. The van der Waals surface area contributed by atoms with Crippen molar-refractivity contribution in [3.05, 3.63) is 33.9 Å². The fourth-order valence-electron chi connectivity index (χ4n) is 2.32. The minimum absolute atomic E-state index is 0.0584. The number of Topliss-reactive ketones (excluding diaryl/α,β-unsaturated/α-hetero) is 1. The van der Waals surface area contributed by atoms with Crippen LogP contribution >= 0.6 is 0 Å². The van der Waals surface area contributed by atoms with Crippen molar-refractivity contribution in [2.45, 2.75) is 12.0 Å². The molecule has 0 N–H and O–H groups in total. The van der Waals surface area contributed by atoms with Gasteiger partial charge in [-0.2, -0.15) is 0 Å². The van der Waals surface area contributed by atoms with Crippen molar-refractivity contribution in [1.29, 1.82) is 0 Å². The molecule has 0 amide bonds. The summed E-state index contributed by atoms with van der Waals surface area (Å²) >= 11 is 0. The number of carbonyl (C=O) groups is 1. The summed E-state index contributed by atoms with van der Waals surface area (Å²) in [5.41, 5.74) is -0.794. The zero-order valence-corrected chi connectivity index (χ0v) is 11.3. The number of carbonyl (C=O) groups excluding carboxylic acids is 1. The normalized spacial score (nSPS) is 16.4. The first-order valence-corrected chi connectivity index (χ1v) is 6.00. The summed E-state index contributed by atoms with van der Waals surface area (Å²) < 4.78 is 16.0. The molecule has 0 bridgehead atoms. The van der Waals surface area contributed by atoms with E-state index >= 15 is 0 Å². The number of ketones is 1. The number of nitrogens with zero attached hydrogens (tertiary/aromatic N) is 1. The van der Waals surface area contributed by atoms with Gasteiger partial charge in [0.15, 0.2) is 11.4 Å². The highest BCUT2D eigenvalue weighted by Crippen LogP contribution is 2.35. The summed E-state index contributed by atoms with van der Waals surface area (Å²) in [5.74, 6) is 0.102. The maximum absolute atomic E-state index is 12.2. The molecule has 1 aliphatic rings. The van der Waals surface area contributed by atoms with Crippen LogP contribution in [0.5, 0.6) is 5.75 Å². The Balaban J connectivity index is 2.38. The second kappa shape index (κ2) is 5.56. The van der Waals surface area contributed by atoms with Gasteiger partial charge >= 0.3 is 0 Å². The number of hydrogen-bond acceptors (Lipinski definition) is 6. The Kier molecular flexibility index (Phi) is 4.01. The summed E-state index contributed by atoms with van der Waals surface area (Å²) in [6.45, 7) is 0.395. The highest BCUT2D eigenvalue weighted by molar-refractivity contribution is 6.01. The summed E-state index contributed by atoms with van der Waals surface area (Å²) in [6.07, 6.45) is 0.0584. The lowest BCUT2D eigenvalue weighted by Gasteiger charge is -2.36. The van der Waals surface area contributed by atoms with Crippen LogP contribution in [-0.4, -0.2) is 43.7 Å². The zero-order valence-electron chi connectivity index (χ0n) is 11.3. The van der Waals surface area contributed by atoms with E-state index in [-0.39, 0.29) is 36.7 Å². The van der Waals surface area contributed by atoms with E-state index in [1.807, 2.05) is 0 Å². The Morgan fingerprint density at radius 2 is 2.00 bits per heavy atom. The topological polar surface area (TPSA) is 87.9 Å². The number of ether oxygens (including phenoxy) is 3. The smallest absolute Gasteiger partial charge is 0.270 e. The van der Waals surface area contributed by atoms with Crippen molar-refractivity contribution in [3.8, 4) is 5.75 Å². The lowest BCUT2D eigenvalue weighted by atomic mass is 9.91. The number of benzene rings is 1. The first-order chi connectivity index (χ1) is 9.51. The van der Waals surface area contributed by atoms with Crippen LogP contribution in [0.3, 0.4) is 0 Å². The molecule has 108 valence electrons. The second-order valence-electron chi connectivity index (χ2n) is 4.69. The van der Waals surface area contributed by atoms with Crippen molar-refractivity contribution >= 4 is 11.5 Å². The van der Waals surface area contributed by atoms with E-state index in [9.17, 15) is 14.9 Å². The van der Waals surface area contributed by atoms with Gasteiger partial charge in [0, 0.05) is 26.4 Å². The predicted octanol–water partition coefficient (Wildman–Crippen LogP) is 1.59. The third kappa shape index (κ3) is 2.63. The zero-order chi connectivity index (χ0) is 14.8. The average molecular weight is 281 g/mol. The summed E-state index contributed by atoms with van der Waals surface area (Å²) in [5, 5.41) is 10.7. The molecule has 1 aromatic rings. The first-order valence-electron chi connectivity index (χ1n) is 6.00. The van der Waals surface area contributed by atoms with Gasteiger partial charge in [0.05, 0.1) is 30.1 Å². The molecule has 0 radical (unpaired) electrons. The van der Waals surface area contributed by atoms with Crippen LogP contribution in [0.2, 0.25) is 0 Å². The highest BCUT2D eigenvalue weighted by atomic mass is 16.6. The van der Waals surface area contributed by atoms with Gasteiger partial charge in [-0.15, -0.1) is 0 Å². The maximum atomic E-state index is 12.2. The van der Waals surface area contributed by atoms with Crippen LogP contribution in [-0.2, 0) is 9.47 Å². The Morgan fingerprint density at radius 3 is 2.55 bits per heavy atom. The number of nitro benzene ring substituents is 1. The molecule has 0 atom stereocenters. The summed E-state index contributed by atoms with van der Waals surface area (Å²) in [6, 6.07) is 3.98. The molecular weight excluding hydrogens is 266 g/mol. The van der Waals surface area contributed by atoms with Gasteiger partial charge in [0.25, 0.3) is 5.69 Å². The van der Waals surface area contributed by atoms with Gasteiger partial charge in [-0.25, -0.2) is 0 Å². The molecule has 0 unspecified atom stereocenters. The molecule has 0 spiro atoms. The molecule has 0 saturated heterocycles. The number of rotatable bonds is 5. The van der Waals surface area contributed by atoms with E-state index < -0.39 is 10.5 Å². The standard InChI is InChI=1S/C13H15NO6/c1-18-7-13(8-19-2)6-11(15)10-5-9(14(16)17)3-4-12(10)20-13/h3-5H,6-8H2,1-2H3. The largest absolute Gasteiger partial charge is 0.481 e. The van der Waals surface area contributed by atoms with Gasteiger partial charge < -0.3 is 14.2 Å². The van der Waals surface area contributed by atoms with Crippen LogP contribution in [0.1, 0.15) is 16.8 Å². The van der Waals surface area contributed by atoms with Crippen LogP contribution in [0.4, 0.5) is 5.69 Å². The minimum atomic E-state index is -0.885. The van der Waals surface area contributed by atoms with E-state index in [0.717, 1.165) is 0 Å². The van der Waals surface area contributed by atoms with Crippen LogP contribution < -0.4 is 4.74 Å². The minimum Gasteiger partial charge on any atom is -0.481 e. The van der Waals surface area contributed by atoms with Gasteiger partial charge in [0.1, 0.15) is 5.75 Å². The van der Waals surface area contributed by atoms with Gasteiger partial charge in [-0.3, -0.25) is 14.9 Å². The Labute approximate surface area is 115 Å². The van der Waals surface area contributed by atoms with Crippen molar-refractivity contribution in [3.63, 3.8) is 0 Å². The molecule has 1 aromatic carbocycles. The molecule has 1 aliphatic heterocycles. The van der Waals surface area contributed by atoms with E-state index in [2.05, 4.69) is 0 Å². The van der Waals surface area contributed by atoms with Gasteiger partial charge in [0.2, 0.25) is 0 Å². The maximum Gasteiger partial charge on any atom is 0.270 e. The molecule has 7 nitrogen and oxygen atoms in total. The number of nitro groups is 1. The monoisotopic (exact) mass is 281 g/mol. The lowest BCUT2D eigenvalue weighted by molar-refractivity contribution is -0.384. The van der Waals surface area contributed by atoms with Crippen LogP contribution in [0, 0.1) is 10.1 Å². The third-order valence-electron chi connectivity index (χ3n) is 3.10. The Morgan fingerprint density at radius 1 is 1.35 bits per heavy atom. The van der Waals surface area contributed by atoms with Gasteiger partial charge in [-0.1, -0.05) is 0 Å². The Hall–Kier alpha value is -1.99. The molecular formula is C13H15NO6. The highest BCUT2D eigenvalue weighted by Gasteiger charge is 2.41. The first kappa shape index (κ1) is 14.4. The summed E-state index contributed by atoms with van der Waals surface area (Å²) in [4.78, 5) is 22.4. The summed E-state index contributed by atoms with van der Waals surface area (Å²) in [7, 11) is 3.02. The predicted molar refractivity (Wildman–Crippen MR) is 69.2 cm³/mol. The van der Waals surface area contributed by atoms with E-state index in [4.69, 9.17) is 14.2 Å². The molecule has 7 heteroatoms. The fraction of sp³-hybridized carbons (Fsp3) is 0.462. The fourth-order valence-corrected chi connectivity index (χ4v) is 2.32. The van der Waals surface area contributed by atoms with E-state index in [1.165, 1.54) is 32.4 Å². The van der Waals surface area contributed by atoms with Crippen molar-refractivity contribution in [2.24, 2.45) is 0 Å². The number of hydrogen-bond donors (Lipinski definition) is 0. The number of non-ortho nitro benzene ring substituents is 1. The molecule has 0 fully saturated rings. The van der Waals surface area contributed by atoms with E-state index in [0.29, 0.717) is 5.75 Å². The second-order valence-corrected chi connectivity index (χ2v) is 4.69.